The summed E-state index contributed by atoms with van der Waals surface area (Å²) in [6.45, 7) is 2.92. The Kier molecular flexibility index (Phi) is 4.90. The third-order valence-electron chi connectivity index (χ3n) is 3.80. The summed E-state index contributed by atoms with van der Waals surface area (Å²) in [5, 5.41) is 3.58. The fraction of sp³-hybridized carbons (Fsp3) is 0.0909. The van der Waals surface area contributed by atoms with Gasteiger partial charge in [0.1, 0.15) is 0 Å². The monoisotopic (exact) mass is 299 g/mol. The van der Waals surface area contributed by atoms with Crippen molar-refractivity contribution in [1.82, 2.24) is 5.32 Å². The van der Waals surface area contributed by atoms with E-state index in [1.165, 1.54) is 22.3 Å². The van der Waals surface area contributed by atoms with Gasteiger partial charge in [-0.25, -0.2) is 0 Å². The second-order valence-electron chi connectivity index (χ2n) is 5.67. The summed E-state index contributed by atoms with van der Waals surface area (Å²) in [6.07, 6.45) is 2.21. The first-order valence-electron chi connectivity index (χ1n) is 7.93. The largest absolute Gasteiger partial charge is 0.380 e. The van der Waals surface area contributed by atoms with Crippen molar-refractivity contribution >= 4 is 11.8 Å². The van der Waals surface area contributed by atoms with Crippen molar-refractivity contribution < 1.29 is 0 Å². The molecule has 114 valence electrons. The second kappa shape index (κ2) is 7.46. The number of aryl methyl sites for hydroxylation is 1. The van der Waals surface area contributed by atoms with Gasteiger partial charge in [-0.15, -0.1) is 0 Å². The first kappa shape index (κ1) is 15.1. The summed E-state index contributed by atoms with van der Waals surface area (Å²) in [7, 11) is 0. The molecule has 3 aromatic rings. The second-order valence-corrected chi connectivity index (χ2v) is 5.67. The van der Waals surface area contributed by atoms with Crippen LogP contribution >= 0.6 is 0 Å². The number of rotatable bonds is 5. The van der Waals surface area contributed by atoms with E-state index in [0.29, 0.717) is 0 Å². The molecule has 3 aromatic carbocycles. The van der Waals surface area contributed by atoms with E-state index >= 15 is 0 Å². The normalized spacial score (nSPS) is 11.3. The highest BCUT2D eigenvalue weighted by molar-refractivity contribution is 5.80. The fourth-order valence-corrected chi connectivity index (χ4v) is 2.48. The SMILES string of the molecule is Cc1ccc(C=C(NCc2ccccc2)c2ccccc2)cc1. The van der Waals surface area contributed by atoms with Gasteiger partial charge in [0.15, 0.2) is 0 Å². The summed E-state index contributed by atoms with van der Waals surface area (Å²) in [5.41, 5.74) is 6.09. The Bertz CT molecular complexity index is 756. The first-order chi connectivity index (χ1) is 11.3. The van der Waals surface area contributed by atoms with Crippen molar-refractivity contribution in [2.24, 2.45) is 0 Å². The molecule has 0 aliphatic carbocycles. The zero-order chi connectivity index (χ0) is 15.9. The fourth-order valence-electron chi connectivity index (χ4n) is 2.48. The molecule has 0 amide bonds. The molecule has 0 saturated carbocycles. The Morgan fingerprint density at radius 1 is 0.783 bits per heavy atom. The standard InChI is InChI=1S/C22H21N/c1-18-12-14-19(15-13-18)16-22(21-10-6-3-7-11-21)23-17-20-8-4-2-5-9-20/h2-16,23H,17H2,1H3. The maximum atomic E-state index is 3.58. The van der Waals surface area contributed by atoms with Gasteiger partial charge in [-0.05, 0) is 29.7 Å². The lowest BCUT2D eigenvalue weighted by Crippen LogP contribution is -2.11. The summed E-state index contributed by atoms with van der Waals surface area (Å²) >= 11 is 0. The Morgan fingerprint density at radius 3 is 2.04 bits per heavy atom. The highest BCUT2D eigenvalue weighted by Gasteiger charge is 2.02. The van der Waals surface area contributed by atoms with Crippen molar-refractivity contribution in [3.8, 4) is 0 Å². The van der Waals surface area contributed by atoms with E-state index in [1.807, 2.05) is 12.1 Å². The average molecular weight is 299 g/mol. The molecule has 0 aliphatic rings. The third kappa shape index (κ3) is 4.33. The molecular formula is C22H21N. The molecule has 0 aliphatic heterocycles. The highest BCUT2D eigenvalue weighted by Crippen LogP contribution is 2.17. The van der Waals surface area contributed by atoms with Crippen LogP contribution in [0, 0.1) is 6.92 Å². The maximum absolute atomic E-state index is 3.58. The summed E-state index contributed by atoms with van der Waals surface area (Å²) in [4.78, 5) is 0. The van der Waals surface area contributed by atoms with Gasteiger partial charge in [0.2, 0.25) is 0 Å². The molecule has 0 heterocycles. The van der Waals surface area contributed by atoms with Gasteiger partial charge in [-0.3, -0.25) is 0 Å². The van der Waals surface area contributed by atoms with Gasteiger partial charge >= 0.3 is 0 Å². The van der Waals surface area contributed by atoms with Crippen molar-refractivity contribution in [2.75, 3.05) is 0 Å². The van der Waals surface area contributed by atoms with Crippen molar-refractivity contribution in [3.63, 3.8) is 0 Å². The highest BCUT2D eigenvalue weighted by atomic mass is 14.9. The van der Waals surface area contributed by atoms with E-state index in [2.05, 4.69) is 91.1 Å². The smallest absolute Gasteiger partial charge is 0.0422 e. The van der Waals surface area contributed by atoms with Gasteiger partial charge in [-0.1, -0.05) is 90.5 Å². The van der Waals surface area contributed by atoms with Crippen molar-refractivity contribution in [2.45, 2.75) is 13.5 Å². The minimum atomic E-state index is 0.813. The molecule has 0 bridgehead atoms. The predicted molar refractivity (Wildman–Crippen MR) is 98.8 cm³/mol. The lowest BCUT2D eigenvalue weighted by atomic mass is 10.1. The van der Waals surface area contributed by atoms with E-state index in [-0.39, 0.29) is 0 Å². The summed E-state index contributed by atoms with van der Waals surface area (Å²) in [5.74, 6) is 0. The van der Waals surface area contributed by atoms with E-state index in [1.54, 1.807) is 0 Å². The molecular weight excluding hydrogens is 278 g/mol. The van der Waals surface area contributed by atoms with E-state index in [4.69, 9.17) is 0 Å². The first-order valence-corrected chi connectivity index (χ1v) is 7.93. The van der Waals surface area contributed by atoms with Crippen molar-refractivity contribution in [3.05, 3.63) is 107 Å². The average Bonchev–Trinajstić information content (AvgIpc) is 2.62. The van der Waals surface area contributed by atoms with Crippen LogP contribution < -0.4 is 5.32 Å². The lowest BCUT2D eigenvalue weighted by Gasteiger charge is -2.12. The number of hydrogen-bond acceptors (Lipinski definition) is 1. The molecule has 3 rings (SSSR count). The molecule has 0 radical (unpaired) electrons. The Hall–Kier alpha value is -2.80. The Balaban J connectivity index is 1.86. The van der Waals surface area contributed by atoms with Crippen LogP contribution in [0.4, 0.5) is 0 Å². The molecule has 1 nitrogen and oxygen atoms in total. The lowest BCUT2D eigenvalue weighted by molar-refractivity contribution is 0.893. The molecule has 0 fully saturated rings. The molecule has 1 heteroatoms. The zero-order valence-corrected chi connectivity index (χ0v) is 13.4. The van der Waals surface area contributed by atoms with Crippen molar-refractivity contribution in [1.29, 1.82) is 0 Å². The van der Waals surface area contributed by atoms with Crippen LogP contribution in [0.5, 0.6) is 0 Å². The molecule has 0 atom stereocenters. The molecule has 0 saturated heterocycles. The van der Waals surface area contributed by atoms with Gasteiger partial charge in [0.25, 0.3) is 0 Å². The third-order valence-corrected chi connectivity index (χ3v) is 3.80. The van der Waals surface area contributed by atoms with Gasteiger partial charge < -0.3 is 5.32 Å². The van der Waals surface area contributed by atoms with E-state index < -0.39 is 0 Å². The molecule has 0 spiro atoms. The number of hydrogen-bond donors (Lipinski definition) is 1. The molecule has 23 heavy (non-hydrogen) atoms. The van der Waals surface area contributed by atoms with Crippen LogP contribution in [-0.4, -0.2) is 0 Å². The Morgan fingerprint density at radius 2 is 1.39 bits per heavy atom. The van der Waals surface area contributed by atoms with Gasteiger partial charge in [0, 0.05) is 12.2 Å². The van der Waals surface area contributed by atoms with Gasteiger partial charge in [-0.2, -0.15) is 0 Å². The maximum Gasteiger partial charge on any atom is 0.0422 e. The molecule has 0 aromatic heterocycles. The van der Waals surface area contributed by atoms with Crippen LogP contribution in [0.2, 0.25) is 0 Å². The zero-order valence-electron chi connectivity index (χ0n) is 13.4. The van der Waals surface area contributed by atoms with Crippen LogP contribution in [0.3, 0.4) is 0 Å². The van der Waals surface area contributed by atoms with Gasteiger partial charge in [0.05, 0.1) is 0 Å². The minimum Gasteiger partial charge on any atom is -0.380 e. The Labute approximate surface area is 138 Å². The van der Waals surface area contributed by atoms with Crippen LogP contribution in [0.1, 0.15) is 22.3 Å². The molecule has 0 unspecified atom stereocenters. The quantitative estimate of drug-likeness (QED) is 0.632. The number of benzene rings is 3. The van der Waals surface area contributed by atoms with E-state index in [0.717, 1.165) is 12.2 Å². The van der Waals surface area contributed by atoms with E-state index in [9.17, 15) is 0 Å². The summed E-state index contributed by atoms with van der Waals surface area (Å²) < 4.78 is 0. The molecule has 1 N–H and O–H groups in total. The number of nitrogens with one attached hydrogen (secondary N) is 1. The van der Waals surface area contributed by atoms with Crippen LogP contribution in [0.15, 0.2) is 84.9 Å². The van der Waals surface area contributed by atoms with Crippen LogP contribution in [0.25, 0.3) is 11.8 Å². The topological polar surface area (TPSA) is 12.0 Å². The summed E-state index contributed by atoms with van der Waals surface area (Å²) in [6, 6.07) is 29.5. The minimum absolute atomic E-state index is 0.813. The van der Waals surface area contributed by atoms with Crippen LogP contribution in [-0.2, 0) is 6.54 Å². The predicted octanol–water partition coefficient (Wildman–Crippen LogP) is 5.28.